The van der Waals surface area contributed by atoms with Crippen molar-refractivity contribution in [2.24, 2.45) is 0 Å². The molecule has 48 heavy (non-hydrogen) atoms. The van der Waals surface area contributed by atoms with E-state index in [1.165, 1.54) is 36.4 Å². The van der Waals surface area contributed by atoms with Crippen LogP contribution >= 0.6 is 22.7 Å². The van der Waals surface area contributed by atoms with Gasteiger partial charge < -0.3 is 9.97 Å². The normalized spacial score (nSPS) is 11.6. The van der Waals surface area contributed by atoms with E-state index in [0.717, 1.165) is 31.8 Å². The second-order valence-electron chi connectivity index (χ2n) is 10.5. The maximum absolute atomic E-state index is 13.7. The summed E-state index contributed by atoms with van der Waals surface area (Å²) in [5.41, 5.74) is -0.827. The number of aromatic nitrogens is 6. The van der Waals surface area contributed by atoms with E-state index >= 15 is 0 Å². The van der Waals surface area contributed by atoms with Gasteiger partial charge in [-0.25, -0.2) is 28.7 Å². The molecule has 18 heteroatoms. The SMILES string of the molecule is O=c1[nH]c2ccc(-c3ccc4[nH]c(=O)n(-c5nc6ccc([N+](=O)[O-])cc6s5)c(=O)c4c3)cc2c(=O)n1-c1nc2ccc([N+](=O)[O-])cc2s1. The third-order valence-electron chi connectivity index (χ3n) is 7.65. The van der Waals surface area contributed by atoms with Gasteiger partial charge in [-0.3, -0.25) is 29.8 Å². The number of nitro benzene ring substituents is 2. The van der Waals surface area contributed by atoms with Gasteiger partial charge in [0.1, 0.15) is 0 Å². The van der Waals surface area contributed by atoms with Gasteiger partial charge in [-0.05, 0) is 47.5 Å². The predicted molar refractivity (Wildman–Crippen MR) is 179 cm³/mol. The number of nitrogens with one attached hydrogen (secondary N) is 2. The topological polar surface area (TPSA) is 222 Å². The molecule has 16 nitrogen and oxygen atoms in total. The lowest BCUT2D eigenvalue weighted by atomic mass is 10.0. The molecule has 0 amide bonds. The summed E-state index contributed by atoms with van der Waals surface area (Å²) in [6.45, 7) is 0. The van der Waals surface area contributed by atoms with Crippen LogP contribution in [0.1, 0.15) is 0 Å². The first-order valence-electron chi connectivity index (χ1n) is 13.7. The first kappa shape index (κ1) is 28.8. The van der Waals surface area contributed by atoms with Crippen LogP contribution in [0.25, 0.3) is 63.6 Å². The number of nitro groups is 2. The monoisotopic (exact) mass is 678 g/mol. The Kier molecular flexibility index (Phi) is 6.26. The van der Waals surface area contributed by atoms with E-state index in [2.05, 4.69) is 19.9 Å². The molecule has 4 heterocycles. The maximum atomic E-state index is 13.7. The summed E-state index contributed by atoms with van der Waals surface area (Å²) in [5.74, 6) is 0. The second-order valence-corrected chi connectivity index (χ2v) is 12.5. The van der Waals surface area contributed by atoms with Crippen LogP contribution < -0.4 is 22.5 Å². The van der Waals surface area contributed by atoms with Crippen molar-refractivity contribution in [2.45, 2.75) is 0 Å². The summed E-state index contributed by atoms with van der Waals surface area (Å²) >= 11 is 1.91. The highest BCUT2D eigenvalue weighted by atomic mass is 32.1. The Morgan fingerprint density at radius 3 is 1.40 bits per heavy atom. The Morgan fingerprint density at radius 2 is 1.00 bits per heavy atom. The fourth-order valence-corrected chi connectivity index (χ4v) is 7.35. The van der Waals surface area contributed by atoms with Gasteiger partial charge in [0.2, 0.25) is 10.3 Å². The standard InChI is InChI=1S/C30H14N8O8S2/c39-25-17-9-13(1-5-19(17)31-27(41)35(25)29-33-21-7-3-15(37(43)44)11-23(21)47-29)14-2-6-20-18(10-14)26(40)36(28(42)32-20)30-34-22-8-4-16(38(45)46)12-24(22)48-30/h1-12H,(H,31,41)(H,32,42). The van der Waals surface area contributed by atoms with Gasteiger partial charge in [0.05, 0.1) is 52.1 Å². The molecule has 0 saturated carbocycles. The summed E-state index contributed by atoms with van der Waals surface area (Å²) in [6, 6.07) is 17.6. The molecule has 0 aliphatic rings. The number of hydrogen-bond acceptors (Lipinski definition) is 12. The van der Waals surface area contributed by atoms with E-state index in [4.69, 9.17) is 0 Å². The molecule has 8 aromatic rings. The van der Waals surface area contributed by atoms with E-state index in [0.29, 0.717) is 31.6 Å². The van der Waals surface area contributed by atoms with Crippen LogP contribution in [-0.2, 0) is 0 Å². The van der Waals surface area contributed by atoms with Gasteiger partial charge in [-0.2, -0.15) is 0 Å². The van der Waals surface area contributed by atoms with E-state index < -0.39 is 32.3 Å². The molecule has 0 saturated heterocycles. The van der Waals surface area contributed by atoms with Crippen LogP contribution in [0, 0.1) is 20.2 Å². The highest BCUT2D eigenvalue weighted by Crippen LogP contribution is 2.30. The lowest BCUT2D eigenvalue weighted by Gasteiger charge is -2.08. The third-order valence-corrected chi connectivity index (χ3v) is 9.66. The van der Waals surface area contributed by atoms with Crippen LogP contribution in [0.2, 0.25) is 0 Å². The lowest BCUT2D eigenvalue weighted by Crippen LogP contribution is -2.33. The number of aromatic amines is 2. The molecule has 0 aliphatic carbocycles. The van der Waals surface area contributed by atoms with E-state index in [1.807, 2.05) is 0 Å². The zero-order chi connectivity index (χ0) is 33.4. The molecule has 0 bridgehead atoms. The molecule has 0 fully saturated rings. The molecule has 2 N–H and O–H groups in total. The fourth-order valence-electron chi connectivity index (χ4n) is 5.36. The minimum absolute atomic E-state index is 0.0312. The maximum Gasteiger partial charge on any atom is 0.335 e. The van der Waals surface area contributed by atoms with Gasteiger partial charge >= 0.3 is 11.4 Å². The van der Waals surface area contributed by atoms with Gasteiger partial charge in [0.15, 0.2) is 0 Å². The molecular formula is C30H14N8O8S2. The average molecular weight is 679 g/mol. The average Bonchev–Trinajstić information content (AvgIpc) is 3.67. The van der Waals surface area contributed by atoms with Crippen molar-refractivity contribution < 1.29 is 9.85 Å². The van der Waals surface area contributed by atoms with Crippen molar-refractivity contribution in [3.05, 3.63) is 135 Å². The molecule has 8 rings (SSSR count). The highest BCUT2D eigenvalue weighted by molar-refractivity contribution is 7.21. The number of rotatable bonds is 5. The second kappa shape index (κ2) is 10.4. The number of hydrogen-bond donors (Lipinski definition) is 2. The predicted octanol–water partition coefficient (Wildman–Crippen LogP) is 4.37. The highest BCUT2D eigenvalue weighted by Gasteiger charge is 2.19. The summed E-state index contributed by atoms with van der Waals surface area (Å²) in [4.78, 5) is 88.7. The van der Waals surface area contributed by atoms with Crippen molar-refractivity contribution in [3.8, 4) is 21.4 Å². The molecule has 234 valence electrons. The van der Waals surface area contributed by atoms with Crippen molar-refractivity contribution in [1.29, 1.82) is 0 Å². The van der Waals surface area contributed by atoms with Crippen LogP contribution in [0.4, 0.5) is 11.4 Å². The van der Waals surface area contributed by atoms with Gasteiger partial charge in [0, 0.05) is 24.3 Å². The third kappa shape index (κ3) is 4.50. The molecule has 0 unspecified atom stereocenters. The quantitative estimate of drug-likeness (QED) is 0.193. The Bertz CT molecular complexity index is 2770. The molecule has 4 aromatic carbocycles. The lowest BCUT2D eigenvalue weighted by molar-refractivity contribution is -0.384. The summed E-state index contributed by atoms with van der Waals surface area (Å²) in [6.07, 6.45) is 0. The zero-order valence-electron chi connectivity index (χ0n) is 23.7. The first-order chi connectivity index (χ1) is 23.0. The number of H-pyrrole nitrogens is 2. The van der Waals surface area contributed by atoms with Gasteiger partial charge in [-0.15, -0.1) is 0 Å². The van der Waals surface area contributed by atoms with Crippen molar-refractivity contribution in [2.75, 3.05) is 0 Å². The Labute approximate surface area is 270 Å². The van der Waals surface area contributed by atoms with Crippen molar-refractivity contribution in [1.82, 2.24) is 29.1 Å². The number of nitrogens with zero attached hydrogens (tertiary/aromatic N) is 6. The van der Waals surface area contributed by atoms with E-state index in [1.54, 1.807) is 36.4 Å². The molecule has 0 radical (unpaired) electrons. The molecule has 0 aliphatic heterocycles. The van der Waals surface area contributed by atoms with Crippen molar-refractivity contribution in [3.63, 3.8) is 0 Å². The van der Waals surface area contributed by atoms with E-state index in [9.17, 15) is 39.4 Å². The summed E-state index contributed by atoms with van der Waals surface area (Å²) in [5, 5.41) is 22.7. The minimum atomic E-state index is -0.742. The number of non-ortho nitro benzene ring substituents is 2. The zero-order valence-corrected chi connectivity index (χ0v) is 25.3. The number of benzene rings is 4. The van der Waals surface area contributed by atoms with Gasteiger partial charge in [0.25, 0.3) is 22.5 Å². The van der Waals surface area contributed by atoms with Crippen LogP contribution in [0.15, 0.2) is 92.0 Å². The number of thiazole rings is 2. The first-order valence-corrected chi connectivity index (χ1v) is 15.4. The van der Waals surface area contributed by atoms with Crippen LogP contribution in [-0.4, -0.2) is 38.9 Å². The van der Waals surface area contributed by atoms with Crippen LogP contribution in [0.5, 0.6) is 0 Å². The summed E-state index contributed by atoms with van der Waals surface area (Å²) < 4.78 is 2.57. The van der Waals surface area contributed by atoms with Crippen molar-refractivity contribution >= 4 is 76.3 Å². The Hall–Kier alpha value is -6.66. The molecule has 0 spiro atoms. The fraction of sp³-hybridized carbons (Fsp3) is 0. The molecule has 0 atom stereocenters. The minimum Gasteiger partial charge on any atom is -0.306 e. The molecule has 4 aromatic heterocycles. The summed E-state index contributed by atoms with van der Waals surface area (Å²) in [7, 11) is 0. The van der Waals surface area contributed by atoms with Crippen LogP contribution in [0.3, 0.4) is 0 Å². The Balaban J connectivity index is 1.25. The smallest absolute Gasteiger partial charge is 0.306 e. The molecular weight excluding hydrogens is 665 g/mol. The number of fused-ring (bicyclic) bond motifs is 4. The van der Waals surface area contributed by atoms with E-state index in [-0.39, 0.29) is 43.4 Å². The largest absolute Gasteiger partial charge is 0.335 e. The van der Waals surface area contributed by atoms with Gasteiger partial charge in [-0.1, -0.05) is 34.8 Å². The Morgan fingerprint density at radius 1 is 0.583 bits per heavy atom.